The third kappa shape index (κ3) is 4.39. The number of rotatable bonds is 6. The van der Waals surface area contributed by atoms with E-state index in [1.807, 2.05) is 36.4 Å². The summed E-state index contributed by atoms with van der Waals surface area (Å²) in [5.41, 5.74) is 6.00. The number of amides is 3. The molecule has 3 aromatic rings. The molecule has 0 saturated heterocycles. The van der Waals surface area contributed by atoms with Crippen LogP contribution in [0.1, 0.15) is 0 Å². The van der Waals surface area contributed by atoms with Crippen molar-refractivity contribution in [3.05, 3.63) is 36.4 Å². The lowest BCUT2D eigenvalue weighted by Crippen LogP contribution is -2.42. The van der Waals surface area contributed by atoms with E-state index in [-0.39, 0.29) is 31.4 Å². The lowest BCUT2D eigenvalue weighted by Gasteiger charge is -2.16. The third-order valence-corrected chi connectivity index (χ3v) is 4.89. The van der Waals surface area contributed by atoms with Crippen LogP contribution in [-0.4, -0.2) is 54.3 Å². The molecule has 0 bridgehead atoms. The van der Waals surface area contributed by atoms with Gasteiger partial charge >= 0.3 is 0 Å². The Labute approximate surface area is 159 Å². The number of benzene rings is 2. The highest BCUT2D eigenvalue weighted by Crippen LogP contribution is 2.31. The number of hydrogen-bond acceptors (Lipinski definition) is 6. The minimum absolute atomic E-state index is 0.145. The van der Waals surface area contributed by atoms with E-state index in [1.54, 1.807) is 0 Å². The third-order valence-electron chi connectivity index (χ3n) is 3.96. The van der Waals surface area contributed by atoms with Crippen LogP contribution in [0.4, 0.5) is 5.13 Å². The predicted octanol–water partition coefficient (Wildman–Crippen LogP) is 0.921. The first-order valence-electron chi connectivity index (χ1n) is 8.27. The smallest absolute Gasteiger partial charge is 0.245 e. The zero-order valence-corrected chi connectivity index (χ0v) is 15.5. The normalized spacial score (nSPS) is 10.7. The Hall–Kier alpha value is -3.04. The van der Waals surface area contributed by atoms with Gasteiger partial charge in [-0.05, 0) is 11.5 Å². The molecule has 0 fully saturated rings. The van der Waals surface area contributed by atoms with Crippen LogP contribution < -0.4 is 16.4 Å². The van der Waals surface area contributed by atoms with Crippen molar-refractivity contribution in [1.82, 2.24) is 15.2 Å². The van der Waals surface area contributed by atoms with Crippen molar-refractivity contribution in [2.45, 2.75) is 0 Å². The summed E-state index contributed by atoms with van der Waals surface area (Å²) in [7, 11) is 1.49. The topological polar surface area (TPSA) is 117 Å². The molecule has 1 heterocycles. The first kappa shape index (κ1) is 18.7. The number of carbonyl (C=O) groups excluding carboxylic acids is 3. The predicted molar refractivity (Wildman–Crippen MR) is 105 cm³/mol. The largest absolute Gasteiger partial charge is 0.346 e. The van der Waals surface area contributed by atoms with Gasteiger partial charge in [-0.3, -0.25) is 14.4 Å². The lowest BCUT2D eigenvalue weighted by molar-refractivity contribution is -0.134. The Balaban J connectivity index is 1.64. The Kier molecular flexibility index (Phi) is 5.63. The van der Waals surface area contributed by atoms with Crippen molar-refractivity contribution in [2.24, 2.45) is 5.73 Å². The number of thiazole rings is 1. The lowest BCUT2D eigenvalue weighted by atomic mass is 10.1. The van der Waals surface area contributed by atoms with Gasteiger partial charge < -0.3 is 21.3 Å². The first-order valence-corrected chi connectivity index (χ1v) is 9.08. The standard InChI is InChI=1S/C18H19N5O3S/c1-23(16(26)9-20-14(24)8-19)10-15(25)21-18-22-17-12-5-3-2-4-11(12)6-7-13(17)27-18/h2-7H,8-10,19H2,1H3,(H,20,24)(H,21,22,25). The van der Waals surface area contributed by atoms with Crippen molar-refractivity contribution in [1.29, 1.82) is 0 Å². The first-order chi connectivity index (χ1) is 13.0. The maximum Gasteiger partial charge on any atom is 0.245 e. The number of hydrogen-bond donors (Lipinski definition) is 3. The molecular weight excluding hydrogens is 366 g/mol. The van der Waals surface area contributed by atoms with Crippen molar-refractivity contribution in [2.75, 3.05) is 32.0 Å². The molecule has 2 aromatic carbocycles. The Morgan fingerprint density at radius 3 is 2.70 bits per heavy atom. The van der Waals surface area contributed by atoms with Crippen molar-refractivity contribution >= 4 is 55.2 Å². The van der Waals surface area contributed by atoms with Crippen LogP contribution in [0.15, 0.2) is 36.4 Å². The summed E-state index contributed by atoms with van der Waals surface area (Å²) in [6.45, 7) is -0.537. The molecule has 1 aromatic heterocycles. The minimum Gasteiger partial charge on any atom is -0.346 e. The number of nitrogens with one attached hydrogen (secondary N) is 2. The second-order valence-corrected chi connectivity index (χ2v) is 6.96. The number of likely N-dealkylation sites (N-methyl/N-ethyl adjacent to an activating group) is 1. The summed E-state index contributed by atoms with van der Waals surface area (Å²) in [5.74, 6) is -1.18. The Morgan fingerprint density at radius 1 is 1.15 bits per heavy atom. The second kappa shape index (κ2) is 8.11. The SMILES string of the molecule is CN(CC(=O)Nc1nc2c(ccc3ccccc32)s1)C(=O)CNC(=O)CN. The van der Waals surface area contributed by atoms with E-state index in [0.29, 0.717) is 5.13 Å². The maximum absolute atomic E-state index is 12.2. The van der Waals surface area contributed by atoms with Gasteiger partial charge in [-0.25, -0.2) is 4.98 Å². The quantitative estimate of drug-likeness (QED) is 0.583. The fourth-order valence-electron chi connectivity index (χ4n) is 2.56. The van der Waals surface area contributed by atoms with Crippen LogP contribution >= 0.6 is 11.3 Å². The number of carbonyl (C=O) groups is 3. The Bertz CT molecular complexity index is 1020. The van der Waals surface area contributed by atoms with Crippen LogP contribution in [0.3, 0.4) is 0 Å². The number of nitrogens with zero attached hydrogens (tertiary/aromatic N) is 2. The molecule has 0 atom stereocenters. The molecule has 0 aliphatic rings. The average Bonchev–Trinajstić information content (AvgIpc) is 3.08. The van der Waals surface area contributed by atoms with E-state index in [9.17, 15) is 14.4 Å². The van der Waals surface area contributed by atoms with Crippen LogP contribution in [0, 0.1) is 0 Å². The van der Waals surface area contributed by atoms with Gasteiger partial charge in [-0.15, -0.1) is 0 Å². The van der Waals surface area contributed by atoms with E-state index >= 15 is 0 Å². The second-order valence-electron chi connectivity index (χ2n) is 5.93. The van der Waals surface area contributed by atoms with Gasteiger partial charge in [0.1, 0.15) is 0 Å². The van der Waals surface area contributed by atoms with Crippen molar-refractivity contribution in [3.63, 3.8) is 0 Å². The highest BCUT2D eigenvalue weighted by molar-refractivity contribution is 7.22. The van der Waals surface area contributed by atoms with E-state index in [1.165, 1.54) is 23.3 Å². The molecule has 0 aliphatic carbocycles. The molecule has 8 nitrogen and oxygen atoms in total. The van der Waals surface area contributed by atoms with Crippen LogP contribution in [0.25, 0.3) is 21.0 Å². The van der Waals surface area contributed by atoms with E-state index in [2.05, 4.69) is 15.6 Å². The molecule has 0 unspecified atom stereocenters. The van der Waals surface area contributed by atoms with Crippen LogP contribution in [0.2, 0.25) is 0 Å². The molecular formula is C18H19N5O3S. The summed E-state index contributed by atoms with van der Waals surface area (Å²) in [4.78, 5) is 41.0. The van der Waals surface area contributed by atoms with Crippen molar-refractivity contribution < 1.29 is 14.4 Å². The highest BCUT2D eigenvalue weighted by Gasteiger charge is 2.15. The molecule has 140 valence electrons. The van der Waals surface area contributed by atoms with Crippen LogP contribution in [-0.2, 0) is 14.4 Å². The van der Waals surface area contributed by atoms with E-state index in [0.717, 1.165) is 21.0 Å². The van der Waals surface area contributed by atoms with Gasteiger partial charge in [-0.2, -0.15) is 0 Å². The number of fused-ring (bicyclic) bond motifs is 3. The van der Waals surface area contributed by atoms with Gasteiger partial charge in [0.25, 0.3) is 0 Å². The molecule has 0 aliphatic heterocycles. The molecule has 4 N–H and O–H groups in total. The van der Waals surface area contributed by atoms with Gasteiger partial charge in [-0.1, -0.05) is 41.7 Å². The summed E-state index contributed by atoms with van der Waals surface area (Å²) in [6.07, 6.45) is 0. The molecule has 0 spiro atoms. The Morgan fingerprint density at radius 2 is 1.93 bits per heavy atom. The average molecular weight is 385 g/mol. The summed E-state index contributed by atoms with van der Waals surface area (Å²) >= 11 is 1.38. The number of nitrogens with two attached hydrogens (primary N) is 1. The van der Waals surface area contributed by atoms with Gasteiger partial charge in [0.2, 0.25) is 17.7 Å². The van der Waals surface area contributed by atoms with E-state index in [4.69, 9.17) is 5.73 Å². The molecule has 0 radical (unpaired) electrons. The van der Waals surface area contributed by atoms with E-state index < -0.39 is 5.91 Å². The van der Waals surface area contributed by atoms with Gasteiger partial charge in [0.05, 0.1) is 29.9 Å². The fourth-order valence-corrected chi connectivity index (χ4v) is 3.46. The summed E-state index contributed by atoms with van der Waals surface area (Å²) in [6, 6.07) is 11.9. The minimum atomic E-state index is -0.428. The molecule has 27 heavy (non-hydrogen) atoms. The highest BCUT2D eigenvalue weighted by atomic mass is 32.1. The number of anilines is 1. The molecule has 0 saturated carbocycles. The molecule has 3 rings (SSSR count). The van der Waals surface area contributed by atoms with Crippen molar-refractivity contribution in [3.8, 4) is 0 Å². The molecule has 9 heteroatoms. The maximum atomic E-state index is 12.2. The monoisotopic (exact) mass is 385 g/mol. The summed E-state index contributed by atoms with van der Waals surface area (Å²) in [5, 5.41) is 7.68. The van der Waals surface area contributed by atoms with Gasteiger partial charge in [0, 0.05) is 12.4 Å². The zero-order chi connectivity index (χ0) is 19.4. The number of aromatic nitrogens is 1. The van der Waals surface area contributed by atoms with Gasteiger partial charge in [0.15, 0.2) is 5.13 Å². The fraction of sp³-hybridized carbons (Fsp3) is 0.222. The van der Waals surface area contributed by atoms with Crippen LogP contribution in [0.5, 0.6) is 0 Å². The molecule has 3 amide bonds. The zero-order valence-electron chi connectivity index (χ0n) is 14.7. The summed E-state index contributed by atoms with van der Waals surface area (Å²) < 4.78 is 0.970.